The third-order valence-corrected chi connectivity index (χ3v) is 5.30. The van der Waals surface area contributed by atoms with Crippen LogP contribution in [0.2, 0.25) is 0 Å². The molecule has 1 aromatic carbocycles. The van der Waals surface area contributed by atoms with E-state index in [1.54, 1.807) is 11.3 Å². The molecule has 0 unspecified atom stereocenters. The van der Waals surface area contributed by atoms with Crippen molar-refractivity contribution in [1.82, 2.24) is 20.5 Å². The Morgan fingerprint density at radius 1 is 1.33 bits per heavy atom. The van der Waals surface area contributed by atoms with Crippen LogP contribution >= 0.6 is 23.1 Å². The molecule has 0 fully saturated rings. The normalized spacial score (nSPS) is 12.1. The van der Waals surface area contributed by atoms with Crippen molar-refractivity contribution in [2.24, 2.45) is 0 Å². The highest BCUT2D eigenvalue weighted by molar-refractivity contribution is 8.00. The average molecular weight is 358 g/mol. The Balaban J connectivity index is 1.53. The van der Waals surface area contributed by atoms with Crippen LogP contribution in [0.15, 0.2) is 46.9 Å². The van der Waals surface area contributed by atoms with Gasteiger partial charge in [-0.1, -0.05) is 47.7 Å². The molecule has 0 radical (unpaired) electrons. The summed E-state index contributed by atoms with van der Waals surface area (Å²) < 4.78 is 0. The number of H-pyrrole nitrogens is 1. The summed E-state index contributed by atoms with van der Waals surface area (Å²) in [6.45, 7) is 4.43. The van der Waals surface area contributed by atoms with Crippen molar-refractivity contribution >= 4 is 29.0 Å². The van der Waals surface area contributed by atoms with E-state index >= 15 is 0 Å². The Kier molecular flexibility index (Phi) is 5.32. The van der Waals surface area contributed by atoms with E-state index in [1.807, 2.05) is 55.6 Å². The van der Waals surface area contributed by atoms with E-state index in [1.165, 1.54) is 17.3 Å². The van der Waals surface area contributed by atoms with Crippen molar-refractivity contribution in [3.05, 3.63) is 52.9 Å². The van der Waals surface area contributed by atoms with Gasteiger partial charge in [-0.15, -0.1) is 16.4 Å². The van der Waals surface area contributed by atoms with E-state index in [9.17, 15) is 4.79 Å². The first-order valence-electron chi connectivity index (χ1n) is 7.58. The summed E-state index contributed by atoms with van der Waals surface area (Å²) in [5.74, 6) is 0.711. The molecule has 3 aromatic rings. The van der Waals surface area contributed by atoms with Crippen molar-refractivity contribution in [2.45, 2.75) is 30.8 Å². The fourth-order valence-electron chi connectivity index (χ4n) is 2.07. The molecular weight excluding hydrogens is 340 g/mol. The molecule has 0 saturated heterocycles. The quantitative estimate of drug-likeness (QED) is 0.660. The van der Waals surface area contributed by atoms with Crippen molar-refractivity contribution < 1.29 is 4.79 Å². The summed E-state index contributed by atoms with van der Waals surface area (Å²) in [5.41, 5.74) is 2.30. The summed E-state index contributed by atoms with van der Waals surface area (Å²) in [6.07, 6.45) is 0. The highest BCUT2D eigenvalue weighted by Crippen LogP contribution is 2.25. The number of rotatable bonds is 6. The van der Waals surface area contributed by atoms with Gasteiger partial charge in [0.25, 0.3) is 0 Å². The van der Waals surface area contributed by atoms with Crippen LogP contribution in [-0.4, -0.2) is 26.3 Å². The largest absolute Gasteiger partial charge is 0.351 e. The van der Waals surface area contributed by atoms with Crippen LogP contribution in [-0.2, 0) is 11.3 Å². The van der Waals surface area contributed by atoms with Crippen molar-refractivity contribution in [3.63, 3.8) is 0 Å². The predicted molar refractivity (Wildman–Crippen MR) is 98.0 cm³/mol. The molecule has 0 spiro atoms. The molecule has 7 heteroatoms. The third kappa shape index (κ3) is 4.24. The second kappa shape index (κ2) is 7.63. The van der Waals surface area contributed by atoms with Gasteiger partial charge in [0.1, 0.15) is 0 Å². The summed E-state index contributed by atoms with van der Waals surface area (Å²) in [7, 11) is 0. The number of aromatic amines is 1. The number of aryl methyl sites for hydroxylation is 1. The first kappa shape index (κ1) is 16.7. The molecule has 0 saturated carbocycles. The number of thiophene rings is 1. The first-order chi connectivity index (χ1) is 11.6. The Morgan fingerprint density at radius 3 is 2.83 bits per heavy atom. The number of nitrogens with zero attached hydrogens (tertiary/aromatic N) is 2. The summed E-state index contributed by atoms with van der Waals surface area (Å²) in [4.78, 5) is 17.7. The third-order valence-electron chi connectivity index (χ3n) is 3.46. The summed E-state index contributed by atoms with van der Waals surface area (Å²) in [5, 5.41) is 12.3. The number of hydrogen-bond donors (Lipinski definition) is 2. The van der Waals surface area contributed by atoms with Crippen LogP contribution in [0.5, 0.6) is 0 Å². The zero-order valence-corrected chi connectivity index (χ0v) is 15.1. The van der Waals surface area contributed by atoms with Crippen LogP contribution in [0, 0.1) is 6.92 Å². The maximum Gasteiger partial charge on any atom is 0.233 e. The molecule has 1 atom stereocenters. The standard InChI is InChI=1S/C17H18N4OS2/c1-11-5-7-13(8-6-11)10-18-16(22)12(2)24-17-19-15(20-21-17)14-4-3-9-23-14/h3-9,12H,10H2,1-2H3,(H,18,22)(H,19,20,21)/t12-/m1/s1. The van der Waals surface area contributed by atoms with Crippen LogP contribution in [0.4, 0.5) is 0 Å². The van der Waals surface area contributed by atoms with Crippen LogP contribution in [0.3, 0.4) is 0 Å². The first-order valence-corrected chi connectivity index (χ1v) is 9.34. The lowest BCUT2D eigenvalue weighted by Gasteiger charge is -2.10. The van der Waals surface area contributed by atoms with Gasteiger partial charge in [-0.05, 0) is 30.9 Å². The van der Waals surface area contributed by atoms with E-state index in [0.717, 1.165) is 16.3 Å². The minimum Gasteiger partial charge on any atom is -0.351 e. The lowest BCUT2D eigenvalue weighted by molar-refractivity contribution is -0.120. The number of carbonyl (C=O) groups is 1. The van der Waals surface area contributed by atoms with Gasteiger partial charge < -0.3 is 5.32 Å². The Morgan fingerprint density at radius 2 is 2.12 bits per heavy atom. The SMILES string of the molecule is Cc1ccc(CNC(=O)[C@@H](C)Sc2n[nH]c(-c3cccs3)n2)cc1. The molecule has 124 valence electrons. The van der Waals surface area contributed by atoms with Crippen LogP contribution < -0.4 is 5.32 Å². The van der Waals surface area contributed by atoms with Gasteiger partial charge in [0.15, 0.2) is 5.82 Å². The molecule has 0 aliphatic rings. The number of benzene rings is 1. The number of nitrogens with one attached hydrogen (secondary N) is 2. The summed E-state index contributed by atoms with van der Waals surface area (Å²) >= 11 is 2.95. The average Bonchev–Trinajstić information content (AvgIpc) is 3.25. The maximum absolute atomic E-state index is 12.2. The molecule has 0 aliphatic heterocycles. The minimum absolute atomic E-state index is 0.0250. The van der Waals surface area contributed by atoms with Gasteiger partial charge in [-0.3, -0.25) is 9.89 Å². The molecule has 1 amide bonds. The van der Waals surface area contributed by atoms with Crippen molar-refractivity contribution in [2.75, 3.05) is 0 Å². The zero-order valence-electron chi connectivity index (χ0n) is 13.4. The molecule has 24 heavy (non-hydrogen) atoms. The topological polar surface area (TPSA) is 70.7 Å². The second-order valence-corrected chi connectivity index (χ2v) is 7.66. The predicted octanol–water partition coefficient (Wildman–Crippen LogP) is 3.64. The van der Waals surface area contributed by atoms with Gasteiger partial charge in [0.2, 0.25) is 11.1 Å². The number of thioether (sulfide) groups is 1. The minimum atomic E-state index is -0.262. The lowest BCUT2D eigenvalue weighted by Crippen LogP contribution is -2.30. The van der Waals surface area contributed by atoms with E-state index < -0.39 is 0 Å². The monoisotopic (exact) mass is 358 g/mol. The molecule has 5 nitrogen and oxygen atoms in total. The van der Waals surface area contributed by atoms with E-state index in [4.69, 9.17) is 0 Å². The molecule has 2 heterocycles. The molecular formula is C17H18N4OS2. The van der Waals surface area contributed by atoms with Crippen LogP contribution in [0.25, 0.3) is 10.7 Å². The Hall–Kier alpha value is -2.12. The molecule has 3 rings (SSSR count). The van der Waals surface area contributed by atoms with Gasteiger partial charge in [-0.2, -0.15) is 0 Å². The summed E-state index contributed by atoms with van der Waals surface area (Å²) in [6, 6.07) is 12.1. The Labute approximate surface area is 148 Å². The van der Waals surface area contributed by atoms with E-state index in [0.29, 0.717) is 11.7 Å². The van der Waals surface area contributed by atoms with Crippen molar-refractivity contribution in [1.29, 1.82) is 0 Å². The highest BCUT2D eigenvalue weighted by Gasteiger charge is 2.17. The fourth-order valence-corrected chi connectivity index (χ4v) is 3.49. The van der Waals surface area contributed by atoms with Gasteiger partial charge in [-0.25, -0.2) is 4.98 Å². The molecule has 2 N–H and O–H groups in total. The molecule has 0 bridgehead atoms. The lowest BCUT2D eigenvalue weighted by atomic mass is 10.1. The number of hydrogen-bond acceptors (Lipinski definition) is 5. The zero-order chi connectivity index (χ0) is 16.9. The maximum atomic E-state index is 12.2. The fraction of sp³-hybridized carbons (Fsp3) is 0.235. The smallest absolute Gasteiger partial charge is 0.233 e. The number of carbonyl (C=O) groups excluding carboxylic acids is 1. The van der Waals surface area contributed by atoms with E-state index in [2.05, 4.69) is 20.5 Å². The van der Waals surface area contributed by atoms with E-state index in [-0.39, 0.29) is 11.2 Å². The van der Waals surface area contributed by atoms with Crippen molar-refractivity contribution in [3.8, 4) is 10.7 Å². The Bertz CT molecular complexity index is 796. The molecule has 0 aliphatic carbocycles. The second-order valence-electron chi connectivity index (χ2n) is 5.41. The van der Waals surface area contributed by atoms with Crippen LogP contribution in [0.1, 0.15) is 18.1 Å². The van der Waals surface area contributed by atoms with Gasteiger partial charge in [0.05, 0.1) is 10.1 Å². The molecule has 2 aromatic heterocycles. The number of amides is 1. The van der Waals surface area contributed by atoms with Gasteiger partial charge in [0, 0.05) is 6.54 Å². The van der Waals surface area contributed by atoms with Gasteiger partial charge >= 0.3 is 0 Å². The number of aromatic nitrogens is 3. The highest BCUT2D eigenvalue weighted by atomic mass is 32.2.